The number of aromatic nitrogens is 2. The zero-order chi connectivity index (χ0) is 11.5. The van der Waals surface area contributed by atoms with Gasteiger partial charge in [0.05, 0.1) is 11.9 Å². The average Bonchev–Trinajstić information content (AvgIpc) is 2.29. The molecule has 0 aliphatic rings. The number of hydrogen-bond acceptors (Lipinski definition) is 3. The first kappa shape index (κ1) is 10.9. The molecular formula is C12H12ClN3. The van der Waals surface area contributed by atoms with Gasteiger partial charge < -0.3 is 4.90 Å². The lowest BCUT2D eigenvalue weighted by Gasteiger charge is -2.13. The van der Waals surface area contributed by atoms with E-state index in [1.165, 1.54) is 0 Å². The van der Waals surface area contributed by atoms with Gasteiger partial charge in [-0.2, -0.15) is 0 Å². The summed E-state index contributed by atoms with van der Waals surface area (Å²) in [5.41, 5.74) is 1.79. The second-order valence-electron chi connectivity index (χ2n) is 3.63. The lowest BCUT2D eigenvalue weighted by Crippen LogP contribution is -2.10. The maximum atomic E-state index is 6.08. The normalized spacial score (nSPS) is 10.2. The number of rotatable bonds is 2. The van der Waals surface area contributed by atoms with E-state index in [1.807, 2.05) is 49.3 Å². The van der Waals surface area contributed by atoms with Gasteiger partial charge in [0.2, 0.25) is 0 Å². The van der Waals surface area contributed by atoms with Gasteiger partial charge in [-0.05, 0) is 0 Å². The van der Waals surface area contributed by atoms with Crippen LogP contribution in [-0.4, -0.2) is 24.1 Å². The Morgan fingerprint density at radius 1 is 1.12 bits per heavy atom. The van der Waals surface area contributed by atoms with Gasteiger partial charge in [-0.1, -0.05) is 41.9 Å². The highest BCUT2D eigenvalue weighted by atomic mass is 35.5. The number of benzene rings is 1. The van der Waals surface area contributed by atoms with E-state index < -0.39 is 0 Å². The van der Waals surface area contributed by atoms with Crippen molar-refractivity contribution in [1.29, 1.82) is 0 Å². The van der Waals surface area contributed by atoms with Gasteiger partial charge in [0.1, 0.15) is 0 Å². The summed E-state index contributed by atoms with van der Waals surface area (Å²) in [7, 11) is 3.82. The molecule has 0 atom stereocenters. The molecule has 0 aliphatic carbocycles. The summed E-state index contributed by atoms with van der Waals surface area (Å²) in [6.45, 7) is 0. The van der Waals surface area contributed by atoms with E-state index in [0.29, 0.717) is 11.0 Å². The molecule has 1 heterocycles. The minimum atomic E-state index is 0.471. The Morgan fingerprint density at radius 2 is 1.81 bits per heavy atom. The molecular weight excluding hydrogens is 222 g/mol. The molecule has 2 rings (SSSR count). The third kappa shape index (κ3) is 2.14. The standard InChI is InChI=1S/C12H12ClN3/c1-16(2)10-8-14-12(15-11(10)13)9-6-4-3-5-7-9/h3-8H,1-2H3. The lowest BCUT2D eigenvalue weighted by atomic mass is 10.2. The van der Waals surface area contributed by atoms with E-state index in [9.17, 15) is 0 Å². The molecule has 16 heavy (non-hydrogen) atoms. The van der Waals surface area contributed by atoms with Gasteiger partial charge in [-0.3, -0.25) is 0 Å². The maximum Gasteiger partial charge on any atom is 0.160 e. The molecule has 0 unspecified atom stereocenters. The second kappa shape index (κ2) is 4.49. The summed E-state index contributed by atoms with van der Waals surface area (Å²) in [6.07, 6.45) is 1.73. The van der Waals surface area contributed by atoms with Crippen LogP contribution in [0.15, 0.2) is 36.5 Å². The van der Waals surface area contributed by atoms with Crippen LogP contribution in [0.2, 0.25) is 5.15 Å². The van der Waals surface area contributed by atoms with Gasteiger partial charge in [0.15, 0.2) is 11.0 Å². The number of hydrogen-bond donors (Lipinski definition) is 0. The van der Waals surface area contributed by atoms with Crippen molar-refractivity contribution < 1.29 is 0 Å². The summed E-state index contributed by atoms with van der Waals surface area (Å²) in [4.78, 5) is 10.5. The van der Waals surface area contributed by atoms with E-state index in [4.69, 9.17) is 11.6 Å². The van der Waals surface area contributed by atoms with Crippen LogP contribution >= 0.6 is 11.6 Å². The SMILES string of the molecule is CN(C)c1cnc(-c2ccccc2)nc1Cl. The third-order valence-corrected chi connectivity index (χ3v) is 2.52. The topological polar surface area (TPSA) is 29.0 Å². The quantitative estimate of drug-likeness (QED) is 0.747. The van der Waals surface area contributed by atoms with Crippen LogP contribution in [0.3, 0.4) is 0 Å². The Bertz CT molecular complexity index is 483. The van der Waals surface area contributed by atoms with Crippen molar-refractivity contribution in [2.45, 2.75) is 0 Å². The Labute approximate surface area is 99.7 Å². The monoisotopic (exact) mass is 233 g/mol. The molecule has 1 aromatic heterocycles. The lowest BCUT2D eigenvalue weighted by molar-refractivity contribution is 1.07. The minimum absolute atomic E-state index is 0.471. The van der Waals surface area contributed by atoms with Crippen molar-refractivity contribution in [1.82, 2.24) is 9.97 Å². The predicted octanol–water partition coefficient (Wildman–Crippen LogP) is 2.86. The summed E-state index contributed by atoms with van der Waals surface area (Å²) in [6, 6.07) is 9.78. The predicted molar refractivity (Wildman–Crippen MR) is 66.8 cm³/mol. The molecule has 1 aromatic carbocycles. The molecule has 0 fully saturated rings. The molecule has 0 spiro atoms. The first-order valence-corrected chi connectivity index (χ1v) is 5.31. The molecule has 0 saturated carbocycles. The van der Waals surface area contributed by atoms with Crippen LogP contribution in [0.4, 0.5) is 5.69 Å². The largest absolute Gasteiger partial charge is 0.374 e. The fourth-order valence-electron chi connectivity index (χ4n) is 1.38. The molecule has 3 nitrogen and oxygen atoms in total. The van der Waals surface area contributed by atoms with E-state index in [-0.39, 0.29) is 0 Å². The first-order chi connectivity index (χ1) is 7.68. The van der Waals surface area contributed by atoms with Crippen molar-refractivity contribution in [3.63, 3.8) is 0 Å². The van der Waals surface area contributed by atoms with Crippen LogP contribution < -0.4 is 4.90 Å². The Hall–Kier alpha value is -1.61. The van der Waals surface area contributed by atoms with Crippen molar-refractivity contribution in [3.05, 3.63) is 41.7 Å². The van der Waals surface area contributed by atoms with Crippen LogP contribution in [0.1, 0.15) is 0 Å². The minimum Gasteiger partial charge on any atom is -0.374 e. The molecule has 0 aliphatic heterocycles. The summed E-state index contributed by atoms with van der Waals surface area (Å²) in [5, 5.41) is 0.471. The molecule has 0 saturated heterocycles. The summed E-state index contributed by atoms with van der Waals surface area (Å²) in [5.74, 6) is 0.649. The highest BCUT2D eigenvalue weighted by molar-refractivity contribution is 6.32. The second-order valence-corrected chi connectivity index (χ2v) is 3.99. The zero-order valence-corrected chi connectivity index (χ0v) is 9.94. The van der Waals surface area contributed by atoms with Crippen LogP contribution in [0.25, 0.3) is 11.4 Å². The highest BCUT2D eigenvalue weighted by Gasteiger charge is 2.07. The molecule has 2 aromatic rings. The third-order valence-electron chi connectivity index (χ3n) is 2.24. The maximum absolute atomic E-state index is 6.08. The Balaban J connectivity index is 2.43. The number of halogens is 1. The number of nitrogens with zero attached hydrogens (tertiary/aromatic N) is 3. The molecule has 82 valence electrons. The van der Waals surface area contributed by atoms with E-state index in [2.05, 4.69) is 9.97 Å². The van der Waals surface area contributed by atoms with E-state index >= 15 is 0 Å². The van der Waals surface area contributed by atoms with Gasteiger partial charge in [0, 0.05) is 19.7 Å². The van der Waals surface area contributed by atoms with E-state index in [1.54, 1.807) is 6.20 Å². The molecule has 0 bridgehead atoms. The van der Waals surface area contributed by atoms with Crippen molar-refractivity contribution in [3.8, 4) is 11.4 Å². The van der Waals surface area contributed by atoms with Crippen LogP contribution in [-0.2, 0) is 0 Å². The van der Waals surface area contributed by atoms with E-state index in [0.717, 1.165) is 11.3 Å². The van der Waals surface area contributed by atoms with Crippen LogP contribution in [0.5, 0.6) is 0 Å². The summed E-state index contributed by atoms with van der Waals surface area (Å²) >= 11 is 6.08. The van der Waals surface area contributed by atoms with Crippen LogP contribution in [0, 0.1) is 0 Å². The number of anilines is 1. The van der Waals surface area contributed by atoms with Crippen molar-refractivity contribution in [2.24, 2.45) is 0 Å². The van der Waals surface area contributed by atoms with Crippen molar-refractivity contribution >= 4 is 17.3 Å². The summed E-state index contributed by atoms with van der Waals surface area (Å²) < 4.78 is 0. The average molecular weight is 234 g/mol. The smallest absolute Gasteiger partial charge is 0.160 e. The zero-order valence-electron chi connectivity index (χ0n) is 9.18. The van der Waals surface area contributed by atoms with Crippen molar-refractivity contribution in [2.75, 3.05) is 19.0 Å². The molecule has 4 heteroatoms. The van der Waals surface area contributed by atoms with Gasteiger partial charge >= 0.3 is 0 Å². The first-order valence-electron chi connectivity index (χ1n) is 4.94. The van der Waals surface area contributed by atoms with Gasteiger partial charge in [-0.15, -0.1) is 0 Å². The van der Waals surface area contributed by atoms with Gasteiger partial charge in [0.25, 0.3) is 0 Å². The molecule has 0 amide bonds. The Morgan fingerprint density at radius 3 is 2.38 bits per heavy atom. The fourth-order valence-corrected chi connectivity index (χ4v) is 1.68. The molecule has 0 radical (unpaired) electrons. The fraction of sp³-hybridized carbons (Fsp3) is 0.167. The van der Waals surface area contributed by atoms with Gasteiger partial charge in [-0.25, -0.2) is 9.97 Å². The highest BCUT2D eigenvalue weighted by Crippen LogP contribution is 2.24. The molecule has 0 N–H and O–H groups in total. The Kier molecular flexibility index (Phi) is 3.06.